The molecular weight excluding hydrogens is 226 g/mol. The molecule has 0 unspecified atom stereocenters. The molecule has 3 aliphatic heterocycles. The summed E-state index contributed by atoms with van der Waals surface area (Å²) in [6.45, 7) is 2.07. The molecule has 2 N–H and O–H groups in total. The molecule has 0 radical (unpaired) electrons. The van der Waals surface area contributed by atoms with Crippen molar-refractivity contribution < 1.29 is 0 Å². The van der Waals surface area contributed by atoms with Crippen LogP contribution in [0, 0.1) is 0 Å². The molecule has 0 aliphatic carbocycles. The van der Waals surface area contributed by atoms with Gasteiger partial charge in [0.15, 0.2) is 0 Å². The van der Waals surface area contributed by atoms with Crippen molar-refractivity contribution in [3.05, 3.63) is 30.5 Å². The van der Waals surface area contributed by atoms with Crippen LogP contribution in [0.1, 0.15) is 18.0 Å². The van der Waals surface area contributed by atoms with Crippen LogP contribution >= 0.6 is 0 Å². The minimum atomic E-state index is 0.482. The third-order valence-corrected chi connectivity index (χ3v) is 3.67. The van der Waals surface area contributed by atoms with E-state index in [2.05, 4.69) is 25.3 Å². The third kappa shape index (κ3) is 1.34. The summed E-state index contributed by atoms with van der Waals surface area (Å²) >= 11 is 0. The molecule has 1 aromatic heterocycles. The van der Waals surface area contributed by atoms with Gasteiger partial charge in [-0.2, -0.15) is 0 Å². The number of fused-ring (bicyclic) bond motifs is 3. The van der Waals surface area contributed by atoms with Crippen molar-refractivity contribution in [3.63, 3.8) is 0 Å². The van der Waals surface area contributed by atoms with Gasteiger partial charge in [-0.1, -0.05) is 0 Å². The Hall–Kier alpha value is -2.01. The maximum atomic E-state index is 4.53. The summed E-state index contributed by atoms with van der Waals surface area (Å²) in [6, 6.07) is 2.03. The topological polar surface area (TPSA) is 66.5 Å². The summed E-state index contributed by atoms with van der Waals surface area (Å²) in [5, 5.41) is 4.54. The Balaban J connectivity index is 2.04. The van der Waals surface area contributed by atoms with E-state index in [1.165, 1.54) is 0 Å². The van der Waals surface area contributed by atoms with Crippen LogP contribution in [0.5, 0.6) is 0 Å². The van der Waals surface area contributed by atoms with E-state index in [9.17, 15) is 0 Å². The Morgan fingerprint density at radius 3 is 3.11 bits per heavy atom. The van der Waals surface area contributed by atoms with E-state index in [1.807, 2.05) is 18.5 Å². The quantitative estimate of drug-likeness (QED) is 0.676. The van der Waals surface area contributed by atoms with Crippen molar-refractivity contribution >= 4 is 10.9 Å². The fraction of sp³-hybridized carbons (Fsp3) is 0.308. The number of nitrogens with one attached hydrogen (secondary N) is 2. The smallest absolute Gasteiger partial charge is 0.138 e. The number of nitrogens with zero attached hydrogens (tertiary/aromatic N) is 3. The van der Waals surface area contributed by atoms with Gasteiger partial charge in [-0.05, 0) is 19.0 Å². The summed E-state index contributed by atoms with van der Waals surface area (Å²) in [5.41, 5.74) is 3.24. The largest absolute Gasteiger partial charge is 0.344 e. The van der Waals surface area contributed by atoms with Crippen LogP contribution in [0.15, 0.2) is 24.8 Å². The molecule has 5 nitrogen and oxygen atoms in total. The lowest BCUT2D eigenvalue weighted by molar-refractivity contribution is 0.740. The molecule has 1 fully saturated rings. The van der Waals surface area contributed by atoms with Gasteiger partial charge >= 0.3 is 0 Å². The van der Waals surface area contributed by atoms with Crippen LogP contribution in [0.3, 0.4) is 0 Å². The van der Waals surface area contributed by atoms with E-state index in [0.717, 1.165) is 47.5 Å². The molecule has 3 aliphatic rings. The first kappa shape index (κ1) is 9.96. The molecule has 0 aromatic carbocycles. The zero-order chi connectivity index (χ0) is 11.9. The highest BCUT2D eigenvalue weighted by molar-refractivity contribution is 5.95. The van der Waals surface area contributed by atoms with Crippen molar-refractivity contribution in [2.75, 3.05) is 13.1 Å². The molecule has 0 amide bonds. The molecule has 5 heteroatoms. The monoisotopic (exact) mass is 239 g/mol. The number of hydrogen-bond acceptors (Lipinski definition) is 4. The van der Waals surface area contributed by atoms with Crippen LogP contribution in [-0.4, -0.2) is 33.0 Å². The highest BCUT2D eigenvalue weighted by Crippen LogP contribution is 2.33. The van der Waals surface area contributed by atoms with Crippen molar-refractivity contribution in [2.45, 2.75) is 12.3 Å². The number of aromatic amines is 1. The van der Waals surface area contributed by atoms with Gasteiger partial charge in [-0.15, -0.1) is 0 Å². The molecule has 0 bridgehead atoms. The van der Waals surface area contributed by atoms with Crippen LogP contribution < -0.4 is 5.32 Å². The van der Waals surface area contributed by atoms with Gasteiger partial charge in [0, 0.05) is 35.8 Å². The maximum Gasteiger partial charge on any atom is 0.138 e. The van der Waals surface area contributed by atoms with Gasteiger partial charge in [0.25, 0.3) is 0 Å². The first-order valence-corrected chi connectivity index (χ1v) is 6.21. The summed E-state index contributed by atoms with van der Waals surface area (Å²) in [6.07, 6.45) is 6.54. The number of pyridine rings is 1. The summed E-state index contributed by atoms with van der Waals surface area (Å²) in [7, 11) is 0. The number of hydrogen-bond donors (Lipinski definition) is 2. The minimum absolute atomic E-state index is 0.482. The molecule has 4 rings (SSSR count). The van der Waals surface area contributed by atoms with E-state index in [0.29, 0.717) is 5.92 Å². The molecule has 18 heavy (non-hydrogen) atoms. The van der Waals surface area contributed by atoms with Gasteiger partial charge < -0.3 is 10.3 Å². The van der Waals surface area contributed by atoms with Crippen molar-refractivity contribution in [1.82, 2.24) is 25.3 Å². The lowest BCUT2D eigenvalue weighted by atomic mass is 9.98. The number of H-pyrrole nitrogens is 1. The summed E-state index contributed by atoms with van der Waals surface area (Å²) < 4.78 is 0. The molecule has 1 atom stereocenters. The highest BCUT2D eigenvalue weighted by atomic mass is 14.9. The fourth-order valence-electron chi connectivity index (χ4n) is 2.78. The maximum absolute atomic E-state index is 4.53. The SMILES string of the molecule is c1cc2c3c([C@@H]4CCNC4)ncnc3c[nH]c-2n1. The number of aromatic nitrogens is 4. The molecule has 0 spiro atoms. The zero-order valence-electron chi connectivity index (χ0n) is 9.85. The lowest BCUT2D eigenvalue weighted by Crippen LogP contribution is -2.10. The van der Waals surface area contributed by atoms with Gasteiger partial charge in [0.2, 0.25) is 0 Å². The van der Waals surface area contributed by atoms with Crippen molar-refractivity contribution in [1.29, 1.82) is 0 Å². The second-order valence-corrected chi connectivity index (χ2v) is 4.70. The van der Waals surface area contributed by atoms with Gasteiger partial charge in [-0.25, -0.2) is 15.0 Å². The summed E-state index contributed by atoms with van der Waals surface area (Å²) in [4.78, 5) is 16.4. The molecule has 1 saturated heterocycles. The van der Waals surface area contributed by atoms with Crippen LogP contribution in [0.25, 0.3) is 22.3 Å². The van der Waals surface area contributed by atoms with Crippen molar-refractivity contribution in [2.24, 2.45) is 0 Å². The van der Waals surface area contributed by atoms with Crippen LogP contribution in [0.2, 0.25) is 0 Å². The average molecular weight is 239 g/mol. The fourth-order valence-corrected chi connectivity index (χ4v) is 2.78. The Labute approximate surface area is 104 Å². The second kappa shape index (κ2) is 3.74. The predicted molar refractivity (Wildman–Crippen MR) is 68.5 cm³/mol. The Morgan fingerprint density at radius 1 is 1.22 bits per heavy atom. The molecule has 1 aromatic rings. The molecule has 0 saturated carbocycles. The van der Waals surface area contributed by atoms with E-state index < -0.39 is 0 Å². The van der Waals surface area contributed by atoms with E-state index in [-0.39, 0.29) is 0 Å². The van der Waals surface area contributed by atoms with Gasteiger partial charge in [-0.3, -0.25) is 0 Å². The minimum Gasteiger partial charge on any atom is -0.344 e. The predicted octanol–water partition coefficient (Wildman–Crippen LogP) is 1.53. The lowest BCUT2D eigenvalue weighted by Gasteiger charge is -2.13. The van der Waals surface area contributed by atoms with Crippen molar-refractivity contribution in [3.8, 4) is 11.4 Å². The van der Waals surface area contributed by atoms with Crippen LogP contribution in [0.4, 0.5) is 0 Å². The Bertz CT molecular complexity index is 668. The standard InChI is InChI=1S/C13H13N5/c1-3-14-5-8(1)12-11-9-2-4-15-13(9)16-6-10(11)17-7-18-12/h2,4,6-8,14H,1,3,5H2,(H,15,16)/t8-/m1/s1. The normalized spacial score (nSPS) is 19.9. The highest BCUT2D eigenvalue weighted by Gasteiger charge is 2.23. The average Bonchev–Trinajstić information content (AvgIpc) is 3.09. The third-order valence-electron chi connectivity index (χ3n) is 3.67. The summed E-state index contributed by atoms with van der Waals surface area (Å²) in [5.74, 6) is 1.39. The van der Waals surface area contributed by atoms with Gasteiger partial charge in [0.1, 0.15) is 12.2 Å². The number of rotatable bonds is 1. The molecule has 4 heterocycles. The van der Waals surface area contributed by atoms with E-state index >= 15 is 0 Å². The van der Waals surface area contributed by atoms with Gasteiger partial charge in [0.05, 0.1) is 11.2 Å². The Morgan fingerprint density at radius 2 is 2.22 bits per heavy atom. The Kier molecular flexibility index (Phi) is 2.07. The first-order valence-electron chi connectivity index (χ1n) is 6.21. The zero-order valence-corrected chi connectivity index (χ0v) is 9.85. The second-order valence-electron chi connectivity index (χ2n) is 4.70. The van der Waals surface area contributed by atoms with E-state index in [1.54, 1.807) is 6.33 Å². The van der Waals surface area contributed by atoms with Crippen LogP contribution in [-0.2, 0) is 0 Å². The molecule has 90 valence electrons. The molecular formula is C13H13N5. The first-order chi connectivity index (χ1) is 8.93. The van der Waals surface area contributed by atoms with E-state index in [4.69, 9.17) is 0 Å².